The van der Waals surface area contributed by atoms with Crippen LogP contribution in [0.5, 0.6) is 11.5 Å². The fourth-order valence-corrected chi connectivity index (χ4v) is 2.39. The first-order chi connectivity index (χ1) is 12.6. The topological polar surface area (TPSA) is 94.1 Å². The summed E-state index contributed by atoms with van der Waals surface area (Å²) >= 11 is 0. The smallest absolute Gasteiger partial charge is 0.272 e. The first-order valence-electron chi connectivity index (χ1n) is 8.13. The molecule has 0 aliphatic heterocycles. The van der Waals surface area contributed by atoms with Gasteiger partial charge in [-0.3, -0.25) is 14.6 Å². The molecule has 0 fully saturated rings. The van der Waals surface area contributed by atoms with Gasteiger partial charge in [-0.05, 0) is 25.1 Å². The highest BCUT2D eigenvalue weighted by Crippen LogP contribution is 2.19. The number of rotatable bonds is 7. The van der Waals surface area contributed by atoms with E-state index in [4.69, 9.17) is 9.47 Å². The van der Waals surface area contributed by atoms with Crippen molar-refractivity contribution in [3.8, 4) is 11.5 Å². The summed E-state index contributed by atoms with van der Waals surface area (Å²) in [5.74, 6) is 1.15. The molecule has 2 aromatic heterocycles. The number of carbonyl (C=O) groups is 1. The Hall–Kier alpha value is -3.29. The third-order valence-corrected chi connectivity index (χ3v) is 4.08. The average Bonchev–Trinajstić information content (AvgIpc) is 3.26. The number of ether oxygens (including phenoxy) is 2. The van der Waals surface area contributed by atoms with Gasteiger partial charge < -0.3 is 14.8 Å². The van der Waals surface area contributed by atoms with Crippen molar-refractivity contribution in [3.05, 3.63) is 59.2 Å². The summed E-state index contributed by atoms with van der Waals surface area (Å²) in [5.41, 5.74) is 3.00. The largest absolute Gasteiger partial charge is 0.497 e. The minimum absolute atomic E-state index is 0.253. The molecule has 0 aliphatic carbocycles. The average molecular weight is 355 g/mol. The lowest BCUT2D eigenvalue weighted by Gasteiger charge is -2.06. The number of aromatic nitrogens is 4. The molecule has 26 heavy (non-hydrogen) atoms. The summed E-state index contributed by atoms with van der Waals surface area (Å²) in [5, 5.41) is 13.8. The van der Waals surface area contributed by atoms with Crippen LogP contribution in [0.2, 0.25) is 0 Å². The van der Waals surface area contributed by atoms with Crippen LogP contribution in [0.1, 0.15) is 27.4 Å². The van der Waals surface area contributed by atoms with E-state index in [0.29, 0.717) is 23.7 Å². The van der Waals surface area contributed by atoms with Crippen LogP contribution in [0, 0.1) is 6.92 Å². The molecule has 3 rings (SSSR count). The SMILES string of the molecule is COc1cccc(OCc2cc(C(=O)NCc3cnn(C)c3C)n[nH]2)c1. The fourth-order valence-electron chi connectivity index (χ4n) is 2.39. The molecule has 8 nitrogen and oxygen atoms in total. The van der Waals surface area contributed by atoms with Gasteiger partial charge in [-0.25, -0.2) is 0 Å². The molecular formula is C18H21N5O3. The number of hydrogen-bond acceptors (Lipinski definition) is 5. The van der Waals surface area contributed by atoms with Crippen LogP contribution in [0.4, 0.5) is 0 Å². The maximum absolute atomic E-state index is 12.2. The molecule has 8 heteroatoms. The van der Waals surface area contributed by atoms with E-state index < -0.39 is 0 Å². The summed E-state index contributed by atoms with van der Waals surface area (Å²) in [6, 6.07) is 8.99. The predicted octanol–water partition coefficient (Wildman–Crippen LogP) is 1.97. The van der Waals surface area contributed by atoms with Crippen LogP contribution in [0.15, 0.2) is 36.5 Å². The van der Waals surface area contributed by atoms with Crippen molar-refractivity contribution in [1.29, 1.82) is 0 Å². The lowest BCUT2D eigenvalue weighted by Crippen LogP contribution is -2.23. The van der Waals surface area contributed by atoms with E-state index in [1.807, 2.05) is 32.2 Å². The van der Waals surface area contributed by atoms with Crippen molar-refractivity contribution in [2.75, 3.05) is 7.11 Å². The Morgan fingerprint density at radius 2 is 2.12 bits per heavy atom. The van der Waals surface area contributed by atoms with E-state index in [0.717, 1.165) is 17.0 Å². The van der Waals surface area contributed by atoms with E-state index in [-0.39, 0.29) is 12.5 Å². The van der Waals surface area contributed by atoms with E-state index in [9.17, 15) is 4.79 Å². The maximum Gasteiger partial charge on any atom is 0.272 e. The number of H-pyrrole nitrogens is 1. The highest BCUT2D eigenvalue weighted by Gasteiger charge is 2.12. The van der Waals surface area contributed by atoms with E-state index in [1.54, 1.807) is 30.1 Å². The molecule has 2 heterocycles. The fraction of sp³-hybridized carbons (Fsp3) is 0.278. The Morgan fingerprint density at radius 3 is 2.85 bits per heavy atom. The number of nitrogens with one attached hydrogen (secondary N) is 2. The Morgan fingerprint density at radius 1 is 1.31 bits per heavy atom. The van der Waals surface area contributed by atoms with Crippen molar-refractivity contribution in [1.82, 2.24) is 25.3 Å². The van der Waals surface area contributed by atoms with Crippen molar-refractivity contribution < 1.29 is 14.3 Å². The first-order valence-corrected chi connectivity index (χ1v) is 8.13. The predicted molar refractivity (Wildman–Crippen MR) is 95.0 cm³/mol. The van der Waals surface area contributed by atoms with Crippen molar-refractivity contribution in [2.45, 2.75) is 20.1 Å². The molecule has 0 radical (unpaired) electrons. The molecule has 3 aromatic rings. The zero-order valence-electron chi connectivity index (χ0n) is 14.9. The van der Waals surface area contributed by atoms with Gasteiger partial charge >= 0.3 is 0 Å². The Kier molecular flexibility index (Phi) is 5.21. The third kappa shape index (κ3) is 4.02. The molecule has 0 atom stereocenters. The molecule has 0 unspecified atom stereocenters. The van der Waals surface area contributed by atoms with Gasteiger partial charge in [0.25, 0.3) is 5.91 Å². The molecular weight excluding hydrogens is 334 g/mol. The normalized spacial score (nSPS) is 10.6. The number of carbonyl (C=O) groups excluding carboxylic acids is 1. The maximum atomic E-state index is 12.2. The second-order valence-electron chi connectivity index (χ2n) is 5.81. The molecule has 0 bridgehead atoms. The highest BCUT2D eigenvalue weighted by atomic mass is 16.5. The molecule has 0 aliphatic rings. The van der Waals surface area contributed by atoms with Crippen LogP contribution >= 0.6 is 0 Å². The number of aryl methyl sites for hydroxylation is 1. The van der Waals surface area contributed by atoms with E-state index >= 15 is 0 Å². The van der Waals surface area contributed by atoms with Gasteiger partial charge in [-0.2, -0.15) is 10.2 Å². The van der Waals surface area contributed by atoms with E-state index in [2.05, 4.69) is 20.6 Å². The van der Waals surface area contributed by atoms with Gasteiger partial charge in [-0.15, -0.1) is 0 Å². The van der Waals surface area contributed by atoms with Crippen molar-refractivity contribution in [3.63, 3.8) is 0 Å². The number of amides is 1. The van der Waals surface area contributed by atoms with Crippen LogP contribution in [-0.2, 0) is 20.2 Å². The highest BCUT2D eigenvalue weighted by molar-refractivity contribution is 5.92. The molecule has 0 spiro atoms. The summed E-state index contributed by atoms with van der Waals surface area (Å²) in [6.07, 6.45) is 1.74. The van der Waals surface area contributed by atoms with Gasteiger partial charge in [0, 0.05) is 30.9 Å². The zero-order valence-corrected chi connectivity index (χ0v) is 14.9. The molecule has 136 valence electrons. The van der Waals surface area contributed by atoms with E-state index in [1.165, 1.54) is 0 Å². The monoisotopic (exact) mass is 355 g/mol. The molecule has 1 aromatic carbocycles. The van der Waals surface area contributed by atoms with Crippen molar-refractivity contribution in [2.24, 2.45) is 7.05 Å². The molecule has 2 N–H and O–H groups in total. The van der Waals surface area contributed by atoms with Gasteiger partial charge in [0.2, 0.25) is 0 Å². The number of methoxy groups -OCH3 is 1. The van der Waals surface area contributed by atoms with Crippen LogP contribution in [-0.4, -0.2) is 33.0 Å². The van der Waals surface area contributed by atoms with Gasteiger partial charge in [0.1, 0.15) is 23.8 Å². The lowest BCUT2D eigenvalue weighted by molar-refractivity contribution is 0.0946. The Labute approximate surface area is 151 Å². The van der Waals surface area contributed by atoms with Crippen LogP contribution < -0.4 is 14.8 Å². The lowest BCUT2D eigenvalue weighted by atomic mass is 10.2. The summed E-state index contributed by atoms with van der Waals surface area (Å²) < 4.78 is 12.6. The zero-order chi connectivity index (χ0) is 18.5. The second kappa shape index (κ2) is 7.73. The van der Waals surface area contributed by atoms with Crippen LogP contribution in [0.25, 0.3) is 0 Å². The van der Waals surface area contributed by atoms with Gasteiger partial charge in [-0.1, -0.05) is 6.07 Å². The van der Waals surface area contributed by atoms with Crippen molar-refractivity contribution >= 4 is 5.91 Å². The number of benzene rings is 1. The number of aromatic amines is 1. The van der Waals surface area contributed by atoms with Gasteiger partial charge in [0.15, 0.2) is 0 Å². The standard InChI is InChI=1S/C18H21N5O3/c1-12-13(10-20-23(12)2)9-19-18(24)17-7-14(21-22-17)11-26-16-6-4-5-15(8-16)25-3/h4-8,10H,9,11H2,1-3H3,(H,19,24)(H,21,22). The molecule has 0 saturated carbocycles. The Balaban J connectivity index is 1.55. The minimum Gasteiger partial charge on any atom is -0.497 e. The first kappa shape index (κ1) is 17.5. The summed E-state index contributed by atoms with van der Waals surface area (Å²) in [7, 11) is 3.47. The number of hydrogen-bond donors (Lipinski definition) is 2. The van der Waals surface area contributed by atoms with Gasteiger partial charge in [0.05, 0.1) is 19.0 Å². The summed E-state index contributed by atoms with van der Waals surface area (Å²) in [6.45, 7) is 2.63. The Bertz CT molecular complexity index is 900. The minimum atomic E-state index is -0.253. The summed E-state index contributed by atoms with van der Waals surface area (Å²) in [4.78, 5) is 12.2. The quantitative estimate of drug-likeness (QED) is 0.676. The van der Waals surface area contributed by atoms with Crippen LogP contribution in [0.3, 0.4) is 0 Å². The molecule has 0 saturated heterocycles. The third-order valence-electron chi connectivity index (χ3n) is 4.08. The number of nitrogens with zero attached hydrogens (tertiary/aromatic N) is 3. The second-order valence-corrected chi connectivity index (χ2v) is 5.81. The molecule has 1 amide bonds.